The van der Waals surface area contributed by atoms with Crippen molar-refractivity contribution in [1.29, 1.82) is 0 Å². The summed E-state index contributed by atoms with van der Waals surface area (Å²) in [5, 5.41) is 0. The molecule has 0 radical (unpaired) electrons. The number of aryl methyl sites for hydroxylation is 1. The van der Waals surface area contributed by atoms with Crippen LogP contribution in [0.1, 0.15) is 24.8 Å². The molecule has 106 valence electrons. The molecular weight excluding hydrogens is 234 g/mol. The number of hydrogen-bond donors (Lipinski definition) is 1. The lowest BCUT2D eigenvalue weighted by Crippen LogP contribution is -2.42. The van der Waals surface area contributed by atoms with E-state index in [-0.39, 0.29) is 0 Å². The van der Waals surface area contributed by atoms with E-state index in [1.54, 1.807) is 0 Å². The van der Waals surface area contributed by atoms with Gasteiger partial charge in [0.25, 0.3) is 0 Å². The molecule has 0 atom stereocenters. The highest BCUT2D eigenvalue weighted by molar-refractivity contribution is 5.40. The fraction of sp³-hybridized carbons (Fsp3) is 0.625. The maximum absolute atomic E-state index is 5.80. The van der Waals surface area contributed by atoms with Crippen molar-refractivity contribution in [3.8, 4) is 0 Å². The first-order valence-corrected chi connectivity index (χ1v) is 7.38. The van der Waals surface area contributed by atoms with Gasteiger partial charge in [0.2, 0.25) is 0 Å². The van der Waals surface area contributed by atoms with Gasteiger partial charge in [-0.1, -0.05) is 12.1 Å². The summed E-state index contributed by atoms with van der Waals surface area (Å²) in [5.41, 5.74) is 8.04. The summed E-state index contributed by atoms with van der Waals surface area (Å²) >= 11 is 0. The van der Waals surface area contributed by atoms with Crippen LogP contribution in [-0.4, -0.2) is 49.6 Å². The summed E-state index contributed by atoms with van der Waals surface area (Å²) in [7, 11) is 4.39. The first kappa shape index (κ1) is 14.4. The quantitative estimate of drug-likeness (QED) is 0.825. The standard InChI is InChI=1S/C16H27N3/c1-18(2)16-8-11-19(12-9-16)10-4-6-14-5-3-7-15(17)13-14/h3,5,7,13,16H,4,6,8-12,17H2,1-2H3. The van der Waals surface area contributed by atoms with Gasteiger partial charge < -0.3 is 15.5 Å². The van der Waals surface area contributed by atoms with Crippen LogP contribution in [0, 0.1) is 0 Å². The highest BCUT2D eigenvalue weighted by Crippen LogP contribution is 2.15. The lowest BCUT2D eigenvalue weighted by Gasteiger charge is -2.35. The summed E-state index contributed by atoms with van der Waals surface area (Å²) in [4.78, 5) is 4.97. The number of rotatable bonds is 5. The minimum Gasteiger partial charge on any atom is -0.399 e. The smallest absolute Gasteiger partial charge is 0.0316 e. The first-order valence-electron chi connectivity index (χ1n) is 7.38. The first-order chi connectivity index (χ1) is 9.15. The summed E-state index contributed by atoms with van der Waals surface area (Å²) in [6, 6.07) is 9.06. The number of likely N-dealkylation sites (tertiary alicyclic amines) is 1. The van der Waals surface area contributed by atoms with E-state index in [1.807, 2.05) is 12.1 Å². The van der Waals surface area contributed by atoms with Gasteiger partial charge in [-0.15, -0.1) is 0 Å². The molecule has 3 nitrogen and oxygen atoms in total. The SMILES string of the molecule is CN(C)C1CCN(CCCc2cccc(N)c2)CC1. The Morgan fingerprint density at radius 3 is 2.63 bits per heavy atom. The van der Waals surface area contributed by atoms with Crippen LogP contribution in [0.15, 0.2) is 24.3 Å². The molecule has 1 heterocycles. The van der Waals surface area contributed by atoms with Gasteiger partial charge in [0.15, 0.2) is 0 Å². The predicted octanol–water partition coefficient (Wildman–Crippen LogP) is 2.23. The van der Waals surface area contributed by atoms with E-state index < -0.39 is 0 Å². The molecule has 0 unspecified atom stereocenters. The second kappa shape index (κ2) is 6.92. The number of nitrogens with two attached hydrogens (primary N) is 1. The zero-order valence-electron chi connectivity index (χ0n) is 12.3. The van der Waals surface area contributed by atoms with Crippen LogP contribution in [-0.2, 0) is 6.42 Å². The molecule has 0 amide bonds. The van der Waals surface area contributed by atoms with E-state index in [9.17, 15) is 0 Å². The minimum absolute atomic E-state index is 0.783. The molecule has 1 saturated heterocycles. The van der Waals surface area contributed by atoms with Crippen LogP contribution in [0.3, 0.4) is 0 Å². The van der Waals surface area contributed by atoms with Crippen molar-refractivity contribution in [2.24, 2.45) is 0 Å². The third kappa shape index (κ3) is 4.51. The van der Waals surface area contributed by atoms with E-state index in [2.05, 4.69) is 36.0 Å². The molecule has 19 heavy (non-hydrogen) atoms. The van der Waals surface area contributed by atoms with E-state index in [4.69, 9.17) is 5.73 Å². The Labute approximate surface area is 117 Å². The van der Waals surface area contributed by atoms with Gasteiger partial charge in [0.05, 0.1) is 0 Å². The van der Waals surface area contributed by atoms with Crippen molar-refractivity contribution in [1.82, 2.24) is 9.80 Å². The molecule has 0 aliphatic carbocycles. The second-order valence-electron chi connectivity index (χ2n) is 5.89. The predicted molar refractivity (Wildman–Crippen MR) is 82.3 cm³/mol. The zero-order valence-corrected chi connectivity index (χ0v) is 12.3. The normalized spacial score (nSPS) is 18.1. The van der Waals surface area contributed by atoms with Crippen molar-refractivity contribution in [3.05, 3.63) is 29.8 Å². The van der Waals surface area contributed by atoms with E-state index >= 15 is 0 Å². The fourth-order valence-electron chi connectivity index (χ4n) is 2.91. The van der Waals surface area contributed by atoms with Gasteiger partial charge in [-0.05, 0) is 77.1 Å². The largest absolute Gasteiger partial charge is 0.399 e. The topological polar surface area (TPSA) is 32.5 Å². The lowest BCUT2D eigenvalue weighted by atomic mass is 10.0. The van der Waals surface area contributed by atoms with Crippen molar-refractivity contribution >= 4 is 5.69 Å². The van der Waals surface area contributed by atoms with Gasteiger partial charge in [-0.3, -0.25) is 0 Å². The Bertz CT molecular complexity index is 381. The Morgan fingerprint density at radius 1 is 1.26 bits per heavy atom. The number of hydrogen-bond acceptors (Lipinski definition) is 3. The minimum atomic E-state index is 0.783. The Balaban J connectivity index is 1.67. The van der Waals surface area contributed by atoms with Gasteiger partial charge in [-0.2, -0.15) is 0 Å². The number of nitrogen functional groups attached to an aromatic ring is 1. The van der Waals surface area contributed by atoms with Crippen LogP contribution in [0.2, 0.25) is 0 Å². The average molecular weight is 261 g/mol. The number of anilines is 1. The van der Waals surface area contributed by atoms with Crippen molar-refractivity contribution < 1.29 is 0 Å². The van der Waals surface area contributed by atoms with Crippen LogP contribution in [0.25, 0.3) is 0 Å². The van der Waals surface area contributed by atoms with Crippen LogP contribution in [0.4, 0.5) is 5.69 Å². The molecule has 3 heteroatoms. The molecule has 1 aliphatic heterocycles. The molecule has 0 spiro atoms. The molecule has 1 aromatic rings. The van der Waals surface area contributed by atoms with Crippen LogP contribution >= 0.6 is 0 Å². The molecule has 2 N–H and O–H groups in total. The highest BCUT2D eigenvalue weighted by atomic mass is 15.2. The van der Waals surface area contributed by atoms with Crippen LogP contribution in [0.5, 0.6) is 0 Å². The maximum atomic E-state index is 5.80. The monoisotopic (exact) mass is 261 g/mol. The molecule has 1 aliphatic rings. The Hall–Kier alpha value is -1.06. The average Bonchev–Trinajstić information content (AvgIpc) is 2.39. The van der Waals surface area contributed by atoms with Crippen molar-refractivity contribution in [2.45, 2.75) is 31.7 Å². The molecule has 0 bridgehead atoms. The summed E-state index contributed by atoms with van der Waals surface area (Å²) < 4.78 is 0. The van der Waals surface area contributed by atoms with Gasteiger partial charge in [0, 0.05) is 11.7 Å². The van der Waals surface area contributed by atoms with Crippen molar-refractivity contribution in [2.75, 3.05) is 39.5 Å². The van der Waals surface area contributed by atoms with E-state index in [1.165, 1.54) is 44.5 Å². The Morgan fingerprint density at radius 2 is 2.00 bits per heavy atom. The molecule has 2 rings (SSSR count). The maximum Gasteiger partial charge on any atom is 0.0316 e. The van der Waals surface area contributed by atoms with Gasteiger partial charge >= 0.3 is 0 Å². The van der Waals surface area contributed by atoms with Gasteiger partial charge in [0.1, 0.15) is 0 Å². The lowest BCUT2D eigenvalue weighted by molar-refractivity contribution is 0.144. The Kier molecular flexibility index (Phi) is 5.23. The van der Waals surface area contributed by atoms with E-state index in [0.29, 0.717) is 0 Å². The molecular formula is C16H27N3. The van der Waals surface area contributed by atoms with Crippen molar-refractivity contribution in [3.63, 3.8) is 0 Å². The molecule has 1 aromatic carbocycles. The molecule has 1 fully saturated rings. The number of nitrogens with zero attached hydrogens (tertiary/aromatic N) is 2. The fourth-order valence-corrected chi connectivity index (χ4v) is 2.91. The molecule has 0 aromatic heterocycles. The highest BCUT2D eigenvalue weighted by Gasteiger charge is 2.19. The number of piperidine rings is 1. The van der Waals surface area contributed by atoms with Crippen LogP contribution < -0.4 is 5.73 Å². The molecule has 0 saturated carbocycles. The number of benzene rings is 1. The zero-order chi connectivity index (χ0) is 13.7. The third-order valence-electron chi connectivity index (χ3n) is 4.18. The third-order valence-corrected chi connectivity index (χ3v) is 4.18. The summed E-state index contributed by atoms with van der Waals surface area (Å²) in [6.45, 7) is 3.72. The second-order valence-corrected chi connectivity index (χ2v) is 5.89. The summed E-state index contributed by atoms with van der Waals surface area (Å²) in [5.74, 6) is 0. The van der Waals surface area contributed by atoms with E-state index in [0.717, 1.165) is 18.2 Å². The van der Waals surface area contributed by atoms with Gasteiger partial charge in [-0.25, -0.2) is 0 Å². The summed E-state index contributed by atoms with van der Waals surface area (Å²) in [6.07, 6.45) is 4.99.